The molecule has 0 aliphatic heterocycles. The van der Waals surface area contributed by atoms with Gasteiger partial charge in [0.25, 0.3) is 0 Å². The van der Waals surface area contributed by atoms with Gasteiger partial charge in [0, 0.05) is 37.1 Å². The summed E-state index contributed by atoms with van der Waals surface area (Å²) < 4.78 is 1.81. The van der Waals surface area contributed by atoms with Gasteiger partial charge in [-0.3, -0.25) is 4.57 Å². The Morgan fingerprint density at radius 2 is 1.62 bits per heavy atom. The van der Waals surface area contributed by atoms with Crippen LogP contribution < -0.4 is 5.32 Å². The van der Waals surface area contributed by atoms with Crippen LogP contribution in [0.4, 0.5) is 5.82 Å². The number of hydrogen-bond donors (Lipinski definition) is 1. The monoisotopic (exact) mass is 341 g/mol. The fourth-order valence-corrected chi connectivity index (χ4v) is 2.78. The van der Waals surface area contributed by atoms with Gasteiger partial charge >= 0.3 is 0 Å². The molecule has 0 fully saturated rings. The van der Waals surface area contributed by atoms with Crippen molar-refractivity contribution < 1.29 is 0 Å². The zero-order valence-electron chi connectivity index (χ0n) is 14.3. The van der Waals surface area contributed by atoms with Crippen molar-refractivity contribution in [1.82, 2.24) is 19.5 Å². The number of nitrogens with one attached hydrogen (secondary N) is 1. The van der Waals surface area contributed by atoms with E-state index in [1.165, 1.54) is 11.1 Å². The largest absolute Gasteiger partial charge is 0.366 e. The van der Waals surface area contributed by atoms with Crippen LogP contribution in [-0.2, 0) is 13.0 Å². The quantitative estimate of drug-likeness (QED) is 0.578. The molecule has 0 bridgehead atoms. The Morgan fingerprint density at radius 1 is 0.885 bits per heavy atom. The van der Waals surface area contributed by atoms with Crippen molar-refractivity contribution in [1.29, 1.82) is 0 Å². The second-order valence-corrected chi connectivity index (χ2v) is 6.02. The van der Waals surface area contributed by atoms with Gasteiger partial charge in [0.1, 0.15) is 12.1 Å². The molecule has 0 saturated carbocycles. The van der Waals surface area contributed by atoms with E-state index in [-0.39, 0.29) is 0 Å². The van der Waals surface area contributed by atoms with Crippen LogP contribution in [0, 0.1) is 0 Å². The Bertz CT molecular complexity index is 950. The van der Waals surface area contributed by atoms with Crippen molar-refractivity contribution in [2.45, 2.75) is 13.0 Å². The number of nitrogens with zero attached hydrogens (tertiary/aromatic N) is 4. The molecule has 0 aliphatic carbocycles. The predicted octanol–water partition coefficient (Wildman–Crippen LogP) is 3.87. The summed E-state index contributed by atoms with van der Waals surface area (Å²) >= 11 is 0. The fraction of sp³-hybridized carbons (Fsp3) is 0.0952. The molecule has 5 heteroatoms. The maximum absolute atomic E-state index is 4.73. The average molecular weight is 341 g/mol. The van der Waals surface area contributed by atoms with Crippen LogP contribution in [0.25, 0.3) is 5.95 Å². The Labute approximate surface area is 152 Å². The first-order chi connectivity index (χ1) is 12.9. The van der Waals surface area contributed by atoms with Crippen molar-refractivity contribution in [2.75, 3.05) is 5.32 Å². The average Bonchev–Trinajstić information content (AvgIpc) is 3.24. The van der Waals surface area contributed by atoms with Gasteiger partial charge in [0.15, 0.2) is 0 Å². The Kier molecular flexibility index (Phi) is 4.69. The van der Waals surface area contributed by atoms with Crippen LogP contribution in [0.15, 0.2) is 85.6 Å². The highest BCUT2D eigenvalue weighted by Gasteiger charge is 2.09. The van der Waals surface area contributed by atoms with Gasteiger partial charge in [-0.05, 0) is 11.1 Å². The van der Waals surface area contributed by atoms with E-state index in [2.05, 4.69) is 39.6 Å². The topological polar surface area (TPSA) is 55.6 Å². The van der Waals surface area contributed by atoms with E-state index in [9.17, 15) is 0 Å². The third-order valence-electron chi connectivity index (χ3n) is 4.13. The van der Waals surface area contributed by atoms with Gasteiger partial charge in [-0.2, -0.15) is 4.98 Å². The zero-order valence-corrected chi connectivity index (χ0v) is 14.3. The lowest BCUT2D eigenvalue weighted by molar-refractivity contribution is 0.906. The van der Waals surface area contributed by atoms with E-state index in [1.807, 2.05) is 48.8 Å². The smallest absolute Gasteiger partial charge is 0.236 e. The third-order valence-corrected chi connectivity index (χ3v) is 4.13. The number of rotatable bonds is 6. The van der Waals surface area contributed by atoms with Gasteiger partial charge in [-0.15, -0.1) is 0 Å². The van der Waals surface area contributed by atoms with Crippen molar-refractivity contribution >= 4 is 5.82 Å². The van der Waals surface area contributed by atoms with Gasteiger partial charge in [0.2, 0.25) is 5.95 Å². The Hall–Kier alpha value is -3.47. The molecule has 2 aromatic carbocycles. The van der Waals surface area contributed by atoms with E-state index in [0.29, 0.717) is 12.5 Å². The highest BCUT2D eigenvalue weighted by atomic mass is 15.2. The Balaban J connectivity index is 1.63. The lowest BCUT2D eigenvalue weighted by Crippen LogP contribution is -2.09. The van der Waals surface area contributed by atoms with Crippen LogP contribution in [0.3, 0.4) is 0 Å². The molecule has 5 nitrogen and oxygen atoms in total. The summed E-state index contributed by atoms with van der Waals surface area (Å²) in [4.78, 5) is 13.3. The van der Waals surface area contributed by atoms with E-state index in [1.54, 1.807) is 17.1 Å². The second-order valence-electron chi connectivity index (χ2n) is 6.02. The molecule has 0 spiro atoms. The molecule has 26 heavy (non-hydrogen) atoms. The molecule has 0 radical (unpaired) electrons. The molecule has 0 saturated heterocycles. The second kappa shape index (κ2) is 7.61. The summed E-state index contributed by atoms with van der Waals surface area (Å²) in [7, 11) is 0. The highest BCUT2D eigenvalue weighted by Crippen LogP contribution is 2.19. The molecule has 2 aromatic heterocycles. The van der Waals surface area contributed by atoms with Gasteiger partial charge in [-0.25, -0.2) is 9.97 Å². The summed E-state index contributed by atoms with van der Waals surface area (Å²) in [6.45, 7) is 0.711. The zero-order chi connectivity index (χ0) is 17.6. The van der Waals surface area contributed by atoms with Gasteiger partial charge in [0.05, 0.1) is 0 Å². The lowest BCUT2D eigenvalue weighted by Gasteiger charge is -2.13. The summed E-state index contributed by atoms with van der Waals surface area (Å²) in [5.41, 5.74) is 3.51. The number of anilines is 1. The highest BCUT2D eigenvalue weighted by molar-refractivity contribution is 5.47. The summed E-state index contributed by atoms with van der Waals surface area (Å²) in [6.07, 6.45) is 7.93. The molecule has 4 aromatic rings. The maximum atomic E-state index is 4.73. The molecule has 0 aliphatic rings. The summed E-state index contributed by atoms with van der Waals surface area (Å²) in [5, 5.41) is 3.47. The number of aromatic nitrogens is 4. The van der Waals surface area contributed by atoms with Crippen LogP contribution in [-0.4, -0.2) is 19.5 Å². The van der Waals surface area contributed by atoms with Crippen LogP contribution in [0.5, 0.6) is 0 Å². The van der Waals surface area contributed by atoms with Crippen molar-refractivity contribution in [2.24, 2.45) is 0 Å². The Morgan fingerprint density at radius 3 is 2.31 bits per heavy atom. The fourth-order valence-electron chi connectivity index (χ4n) is 2.78. The number of hydrogen-bond acceptors (Lipinski definition) is 4. The maximum Gasteiger partial charge on any atom is 0.236 e. The van der Waals surface area contributed by atoms with Crippen LogP contribution >= 0.6 is 0 Å². The minimum atomic E-state index is 0.606. The van der Waals surface area contributed by atoms with E-state index < -0.39 is 0 Å². The molecular weight excluding hydrogens is 322 g/mol. The first kappa shape index (κ1) is 16.0. The van der Waals surface area contributed by atoms with Crippen molar-refractivity contribution in [3.8, 4) is 5.95 Å². The SMILES string of the molecule is c1ccc(CNc2nc(-n3ccnc3)ncc2Cc2ccccc2)cc1. The number of benzene rings is 2. The van der Waals surface area contributed by atoms with Crippen molar-refractivity contribution in [3.05, 3.63) is 102 Å². The summed E-state index contributed by atoms with van der Waals surface area (Å²) in [6, 6.07) is 20.7. The molecular formula is C21H19N5. The van der Waals surface area contributed by atoms with Gasteiger partial charge in [-0.1, -0.05) is 60.7 Å². The minimum absolute atomic E-state index is 0.606. The van der Waals surface area contributed by atoms with E-state index in [0.717, 1.165) is 17.8 Å². The first-order valence-corrected chi connectivity index (χ1v) is 8.54. The minimum Gasteiger partial charge on any atom is -0.366 e. The summed E-state index contributed by atoms with van der Waals surface area (Å²) in [5.74, 6) is 1.45. The van der Waals surface area contributed by atoms with Crippen LogP contribution in [0.2, 0.25) is 0 Å². The molecule has 128 valence electrons. The molecule has 0 atom stereocenters. The standard InChI is InChI=1S/C21H19N5/c1-3-7-17(8-4-1)13-19-15-24-21(26-12-11-22-16-26)25-20(19)23-14-18-9-5-2-6-10-18/h1-12,15-16H,13-14H2,(H,23,24,25). The number of imidazole rings is 1. The predicted molar refractivity (Wildman–Crippen MR) is 102 cm³/mol. The molecule has 2 heterocycles. The molecule has 4 rings (SSSR count). The molecule has 1 N–H and O–H groups in total. The van der Waals surface area contributed by atoms with E-state index >= 15 is 0 Å². The lowest BCUT2D eigenvalue weighted by atomic mass is 10.1. The molecule has 0 unspecified atom stereocenters. The van der Waals surface area contributed by atoms with Crippen molar-refractivity contribution in [3.63, 3.8) is 0 Å². The third kappa shape index (κ3) is 3.78. The normalized spacial score (nSPS) is 10.6. The molecule has 0 amide bonds. The van der Waals surface area contributed by atoms with Gasteiger partial charge < -0.3 is 5.32 Å². The first-order valence-electron chi connectivity index (χ1n) is 8.54. The van der Waals surface area contributed by atoms with Crippen LogP contribution in [0.1, 0.15) is 16.7 Å². The van der Waals surface area contributed by atoms with E-state index in [4.69, 9.17) is 4.98 Å².